The number of anilines is 2. The highest BCUT2D eigenvalue weighted by molar-refractivity contribution is 6.32. The SMILES string of the molecule is CCC(Nc1ccc(C(=O)N(C)C)cc1)=C1C(=O)Nc2cc(OC)c(OC)cc21. The summed E-state index contributed by atoms with van der Waals surface area (Å²) >= 11 is 0. The van der Waals surface area contributed by atoms with Gasteiger partial charge >= 0.3 is 0 Å². The van der Waals surface area contributed by atoms with Crippen LogP contribution in [0.25, 0.3) is 5.57 Å². The maximum Gasteiger partial charge on any atom is 0.258 e. The summed E-state index contributed by atoms with van der Waals surface area (Å²) in [4.78, 5) is 26.3. The molecular formula is C22H25N3O4. The molecule has 2 N–H and O–H groups in total. The van der Waals surface area contributed by atoms with E-state index in [1.807, 2.05) is 19.1 Å². The van der Waals surface area contributed by atoms with Crippen LogP contribution in [-0.4, -0.2) is 45.0 Å². The van der Waals surface area contributed by atoms with Crippen LogP contribution < -0.4 is 20.1 Å². The van der Waals surface area contributed by atoms with Gasteiger partial charge in [-0.2, -0.15) is 0 Å². The number of nitrogens with one attached hydrogen (secondary N) is 2. The number of methoxy groups -OCH3 is 2. The molecular weight excluding hydrogens is 370 g/mol. The van der Waals surface area contributed by atoms with Crippen LogP contribution in [0.2, 0.25) is 0 Å². The monoisotopic (exact) mass is 395 g/mol. The highest BCUT2D eigenvalue weighted by Gasteiger charge is 2.29. The van der Waals surface area contributed by atoms with Crippen LogP contribution in [0.1, 0.15) is 29.3 Å². The normalized spacial score (nSPS) is 14.0. The van der Waals surface area contributed by atoms with Crippen molar-refractivity contribution in [3.8, 4) is 11.5 Å². The van der Waals surface area contributed by atoms with Crippen LogP contribution >= 0.6 is 0 Å². The first kappa shape index (κ1) is 20.3. The fourth-order valence-corrected chi connectivity index (χ4v) is 3.25. The van der Waals surface area contributed by atoms with E-state index in [2.05, 4.69) is 10.6 Å². The van der Waals surface area contributed by atoms with E-state index >= 15 is 0 Å². The van der Waals surface area contributed by atoms with Gasteiger partial charge in [-0.3, -0.25) is 9.59 Å². The van der Waals surface area contributed by atoms with E-state index in [-0.39, 0.29) is 11.8 Å². The van der Waals surface area contributed by atoms with Gasteiger partial charge in [0.05, 0.1) is 25.5 Å². The molecule has 0 spiro atoms. The molecule has 152 valence electrons. The molecule has 1 aliphatic rings. The summed E-state index contributed by atoms with van der Waals surface area (Å²) in [6.45, 7) is 1.98. The second kappa shape index (κ2) is 8.26. The van der Waals surface area contributed by atoms with Gasteiger partial charge < -0.3 is 25.0 Å². The number of ether oxygens (including phenoxy) is 2. The predicted octanol–water partition coefficient (Wildman–Crippen LogP) is 3.59. The van der Waals surface area contributed by atoms with Crippen molar-refractivity contribution in [3.05, 3.63) is 53.2 Å². The third-order valence-corrected chi connectivity index (χ3v) is 4.76. The van der Waals surface area contributed by atoms with Crippen molar-refractivity contribution in [1.29, 1.82) is 0 Å². The predicted molar refractivity (Wildman–Crippen MR) is 113 cm³/mol. The highest BCUT2D eigenvalue weighted by atomic mass is 16.5. The van der Waals surface area contributed by atoms with Gasteiger partial charge in [0.15, 0.2) is 11.5 Å². The molecule has 0 unspecified atom stereocenters. The van der Waals surface area contributed by atoms with Crippen LogP contribution in [0.3, 0.4) is 0 Å². The van der Waals surface area contributed by atoms with Crippen molar-refractivity contribution in [3.63, 3.8) is 0 Å². The number of carbonyl (C=O) groups excluding carboxylic acids is 2. The Morgan fingerprint density at radius 2 is 1.69 bits per heavy atom. The molecule has 7 nitrogen and oxygen atoms in total. The molecule has 1 aliphatic heterocycles. The smallest absolute Gasteiger partial charge is 0.258 e. The lowest BCUT2D eigenvalue weighted by atomic mass is 10.0. The minimum absolute atomic E-state index is 0.0595. The molecule has 2 aromatic rings. The van der Waals surface area contributed by atoms with Crippen molar-refractivity contribution >= 4 is 28.8 Å². The van der Waals surface area contributed by atoms with Gasteiger partial charge in [-0.25, -0.2) is 0 Å². The lowest BCUT2D eigenvalue weighted by molar-refractivity contribution is -0.110. The number of rotatable bonds is 6. The van der Waals surface area contributed by atoms with E-state index in [9.17, 15) is 9.59 Å². The molecule has 7 heteroatoms. The quantitative estimate of drug-likeness (QED) is 0.731. The van der Waals surface area contributed by atoms with E-state index in [0.717, 1.165) is 16.9 Å². The number of benzene rings is 2. The highest BCUT2D eigenvalue weighted by Crippen LogP contribution is 2.42. The number of nitrogens with zero attached hydrogens (tertiary/aromatic N) is 1. The Bertz CT molecular complexity index is 978. The molecule has 1 heterocycles. The zero-order chi connectivity index (χ0) is 21.1. The standard InChI is InChI=1S/C22H25N3O4/c1-6-16(23-14-9-7-13(8-10-14)22(27)25(2)3)20-15-11-18(28-4)19(29-5)12-17(15)24-21(20)26/h7-12,23H,6H2,1-5H3,(H,24,26). The van der Waals surface area contributed by atoms with E-state index in [1.165, 1.54) is 4.90 Å². The second-order valence-corrected chi connectivity index (χ2v) is 6.82. The third-order valence-electron chi connectivity index (χ3n) is 4.76. The second-order valence-electron chi connectivity index (χ2n) is 6.82. The zero-order valence-corrected chi connectivity index (χ0v) is 17.3. The van der Waals surface area contributed by atoms with Gasteiger partial charge in [-0.1, -0.05) is 6.92 Å². The molecule has 0 radical (unpaired) electrons. The maximum atomic E-state index is 12.7. The summed E-state index contributed by atoms with van der Waals surface area (Å²) in [5.41, 5.74) is 4.19. The van der Waals surface area contributed by atoms with Crippen LogP contribution in [0.15, 0.2) is 42.1 Å². The van der Waals surface area contributed by atoms with Gasteiger partial charge in [-0.05, 0) is 36.8 Å². The third kappa shape index (κ3) is 3.89. The average molecular weight is 395 g/mol. The summed E-state index contributed by atoms with van der Waals surface area (Å²) in [6, 6.07) is 10.7. The summed E-state index contributed by atoms with van der Waals surface area (Å²) in [5.74, 6) is 0.872. The van der Waals surface area contributed by atoms with E-state index in [4.69, 9.17) is 9.47 Å². The molecule has 0 fully saturated rings. The van der Waals surface area contributed by atoms with Gasteiger partial charge in [0, 0.05) is 42.7 Å². The number of carbonyl (C=O) groups is 2. The van der Waals surface area contributed by atoms with Crippen LogP contribution in [0.4, 0.5) is 11.4 Å². The summed E-state index contributed by atoms with van der Waals surface area (Å²) in [5, 5.41) is 6.21. The molecule has 0 saturated carbocycles. The Kier molecular flexibility index (Phi) is 5.77. The first-order valence-electron chi connectivity index (χ1n) is 9.29. The van der Waals surface area contributed by atoms with Crippen LogP contribution in [0.5, 0.6) is 11.5 Å². The van der Waals surface area contributed by atoms with Gasteiger partial charge in [0.1, 0.15) is 0 Å². The summed E-state index contributed by atoms with van der Waals surface area (Å²) < 4.78 is 10.7. The average Bonchev–Trinajstić information content (AvgIpc) is 3.05. The van der Waals surface area contributed by atoms with Crippen molar-refractivity contribution in [2.24, 2.45) is 0 Å². The molecule has 2 amide bonds. The van der Waals surface area contributed by atoms with Crippen LogP contribution in [0, 0.1) is 0 Å². The molecule has 29 heavy (non-hydrogen) atoms. The Morgan fingerprint density at radius 3 is 2.24 bits per heavy atom. The van der Waals surface area contributed by atoms with E-state index in [1.54, 1.807) is 52.6 Å². The van der Waals surface area contributed by atoms with E-state index in [0.29, 0.717) is 34.7 Å². The van der Waals surface area contributed by atoms with Gasteiger partial charge in [0.2, 0.25) is 0 Å². The number of allylic oxidation sites excluding steroid dienone is 1. The van der Waals surface area contributed by atoms with Crippen molar-refractivity contribution in [2.75, 3.05) is 38.9 Å². The molecule has 0 aromatic heterocycles. The Morgan fingerprint density at radius 1 is 1.07 bits per heavy atom. The molecule has 0 saturated heterocycles. The minimum Gasteiger partial charge on any atom is -0.493 e. The lowest BCUT2D eigenvalue weighted by Crippen LogP contribution is -2.21. The topological polar surface area (TPSA) is 79.9 Å². The Balaban J connectivity index is 1.97. The van der Waals surface area contributed by atoms with Crippen molar-refractivity contribution in [1.82, 2.24) is 4.90 Å². The summed E-state index contributed by atoms with van der Waals surface area (Å²) in [7, 11) is 6.55. The molecule has 0 bridgehead atoms. The number of hydrogen-bond acceptors (Lipinski definition) is 5. The van der Waals surface area contributed by atoms with Gasteiger partial charge in [-0.15, -0.1) is 0 Å². The Hall–Kier alpha value is -3.48. The number of fused-ring (bicyclic) bond motifs is 1. The maximum absolute atomic E-state index is 12.7. The Labute approximate surface area is 170 Å². The lowest BCUT2D eigenvalue weighted by Gasteiger charge is -2.14. The molecule has 0 atom stereocenters. The molecule has 0 aliphatic carbocycles. The van der Waals surface area contributed by atoms with E-state index < -0.39 is 0 Å². The first-order valence-corrected chi connectivity index (χ1v) is 9.29. The first-order chi connectivity index (χ1) is 13.9. The molecule has 2 aromatic carbocycles. The minimum atomic E-state index is -0.181. The fourth-order valence-electron chi connectivity index (χ4n) is 3.25. The molecule has 3 rings (SSSR count). The van der Waals surface area contributed by atoms with Crippen molar-refractivity contribution in [2.45, 2.75) is 13.3 Å². The van der Waals surface area contributed by atoms with Crippen molar-refractivity contribution < 1.29 is 19.1 Å². The van der Waals surface area contributed by atoms with Crippen LogP contribution in [-0.2, 0) is 4.79 Å². The number of amides is 2. The zero-order valence-electron chi connectivity index (χ0n) is 17.3. The van der Waals surface area contributed by atoms with Gasteiger partial charge in [0.25, 0.3) is 11.8 Å². The fraction of sp³-hybridized carbons (Fsp3) is 0.273. The number of hydrogen-bond donors (Lipinski definition) is 2. The summed E-state index contributed by atoms with van der Waals surface area (Å²) in [6.07, 6.45) is 0.620. The largest absolute Gasteiger partial charge is 0.493 e.